The summed E-state index contributed by atoms with van der Waals surface area (Å²) in [6, 6.07) is 10.0. The van der Waals surface area contributed by atoms with E-state index < -0.39 is 0 Å². The molecule has 0 unspecified atom stereocenters. The third-order valence-corrected chi connectivity index (χ3v) is 4.44. The van der Waals surface area contributed by atoms with Crippen molar-refractivity contribution in [1.82, 2.24) is 20.5 Å². The van der Waals surface area contributed by atoms with Gasteiger partial charge in [-0.1, -0.05) is 30.3 Å². The molecule has 1 aromatic heterocycles. The predicted molar refractivity (Wildman–Crippen MR) is 118 cm³/mol. The number of carbonyl (C=O) groups excluding carboxylic acids is 1. The zero-order valence-corrected chi connectivity index (χ0v) is 18.5. The van der Waals surface area contributed by atoms with E-state index in [-0.39, 0.29) is 36.4 Å². The van der Waals surface area contributed by atoms with Gasteiger partial charge in [0, 0.05) is 38.1 Å². The van der Waals surface area contributed by atoms with E-state index in [1.807, 2.05) is 36.5 Å². The summed E-state index contributed by atoms with van der Waals surface area (Å²) < 4.78 is 0. The number of nitrogens with zero attached hydrogens (tertiary/aromatic N) is 3. The van der Waals surface area contributed by atoms with Crippen LogP contribution in [0.1, 0.15) is 15.4 Å². The number of halogens is 1. The average molecular weight is 487 g/mol. The van der Waals surface area contributed by atoms with Gasteiger partial charge in [-0.05, 0) is 12.5 Å². The number of likely N-dealkylation sites (N-methyl/N-ethyl adjacent to an activating group) is 1. The molecule has 2 aromatic rings. The fourth-order valence-corrected chi connectivity index (χ4v) is 2.84. The lowest BCUT2D eigenvalue weighted by Gasteiger charge is -2.14. The zero-order chi connectivity index (χ0) is 18.1. The second-order valence-electron chi connectivity index (χ2n) is 5.83. The first-order valence-corrected chi connectivity index (χ1v) is 9.04. The quantitative estimate of drug-likeness (QED) is 0.358. The molecular weight excluding hydrogens is 461 g/mol. The number of amides is 1. The van der Waals surface area contributed by atoms with Crippen LogP contribution in [0.15, 0.2) is 41.5 Å². The minimum absolute atomic E-state index is 0. The Hall–Kier alpha value is -1.68. The number of aliphatic imine (C=N–C) groups is 1. The molecule has 6 nitrogen and oxygen atoms in total. The summed E-state index contributed by atoms with van der Waals surface area (Å²) in [5.41, 5.74) is 1.12. The topological polar surface area (TPSA) is 69.6 Å². The zero-order valence-electron chi connectivity index (χ0n) is 15.4. The van der Waals surface area contributed by atoms with Crippen molar-refractivity contribution in [2.24, 2.45) is 4.99 Å². The molecule has 1 aromatic carbocycles. The van der Waals surface area contributed by atoms with E-state index in [0.717, 1.165) is 17.0 Å². The predicted octanol–water partition coefficient (Wildman–Crippen LogP) is 2.44. The molecule has 0 spiro atoms. The average Bonchev–Trinajstić information content (AvgIpc) is 3.02. The van der Waals surface area contributed by atoms with Crippen molar-refractivity contribution < 1.29 is 4.79 Å². The monoisotopic (exact) mass is 487 g/mol. The summed E-state index contributed by atoms with van der Waals surface area (Å²) in [4.78, 5) is 23.5. The number of hydrogen-bond acceptors (Lipinski definition) is 4. The van der Waals surface area contributed by atoms with E-state index in [2.05, 4.69) is 27.5 Å². The van der Waals surface area contributed by atoms with E-state index in [4.69, 9.17) is 0 Å². The van der Waals surface area contributed by atoms with E-state index >= 15 is 0 Å². The van der Waals surface area contributed by atoms with Crippen molar-refractivity contribution in [1.29, 1.82) is 0 Å². The number of thiazole rings is 1. The molecule has 26 heavy (non-hydrogen) atoms. The number of guanidine groups is 1. The molecule has 0 saturated heterocycles. The highest BCUT2D eigenvalue weighted by atomic mass is 127. The molecule has 0 aliphatic heterocycles. The van der Waals surface area contributed by atoms with Crippen LogP contribution in [0.2, 0.25) is 0 Å². The van der Waals surface area contributed by atoms with Crippen LogP contribution in [-0.4, -0.2) is 48.9 Å². The highest BCUT2D eigenvalue weighted by molar-refractivity contribution is 14.0. The van der Waals surface area contributed by atoms with Crippen molar-refractivity contribution in [3.8, 4) is 0 Å². The van der Waals surface area contributed by atoms with Crippen LogP contribution in [0.5, 0.6) is 0 Å². The van der Waals surface area contributed by atoms with E-state index in [1.165, 1.54) is 4.88 Å². The second-order valence-corrected chi connectivity index (χ2v) is 7.15. The molecule has 0 atom stereocenters. The van der Waals surface area contributed by atoms with Crippen LogP contribution in [0.3, 0.4) is 0 Å². The lowest BCUT2D eigenvalue weighted by atomic mass is 10.2. The Morgan fingerprint density at radius 1 is 1.23 bits per heavy atom. The van der Waals surface area contributed by atoms with Gasteiger partial charge in [0.2, 0.25) is 5.91 Å². The van der Waals surface area contributed by atoms with Gasteiger partial charge < -0.3 is 15.5 Å². The summed E-state index contributed by atoms with van der Waals surface area (Å²) >= 11 is 1.70. The van der Waals surface area contributed by atoms with E-state index in [9.17, 15) is 4.79 Å². The molecule has 0 radical (unpaired) electrons. The first kappa shape index (κ1) is 22.4. The molecule has 8 heteroatoms. The van der Waals surface area contributed by atoms with E-state index in [1.54, 1.807) is 30.3 Å². The molecule has 0 fully saturated rings. The van der Waals surface area contributed by atoms with Crippen LogP contribution in [0.4, 0.5) is 0 Å². The number of benzene rings is 1. The minimum atomic E-state index is 0. The van der Waals surface area contributed by atoms with Crippen molar-refractivity contribution >= 4 is 47.2 Å². The maximum atomic E-state index is 11.8. The summed E-state index contributed by atoms with van der Waals surface area (Å²) in [6.45, 7) is 3.53. The number of hydrogen-bond donors (Lipinski definition) is 2. The summed E-state index contributed by atoms with van der Waals surface area (Å²) in [6.07, 6.45) is 2.71. The lowest BCUT2D eigenvalue weighted by Crippen LogP contribution is -2.43. The van der Waals surface area contributed by atoms with E-state index in [0.29, 0.717) is 19.0 Å². The van der Waals surface area contributed by atoms with Crippen molar-refractivity contribution in [2.45, 2.75) is 19.9 Å². The molecular formula is C18H26IN5OS. The van der Waals surface area contributed by atoms with Gasteiger partial charge >= 0.3 is 0 Å². The van der Waals surface area contributed by atoms with Gasteiger partial charge in [0.05, 0.1) is 18.1 Å². The molecule has 1 heterocycles. The van der Waals surface area contributed by atoms with Gasteiger partial charge in [-0.15, -0.1) is 35.3 Å². The second kappa shape index (κ2) is 11.8. The maximum absolute atomic E-state index is 11.8. The van der Waals surface area contributed by atoms with Gasteiger partial charge in [0.25, 0.3) is 0 Å². The summed E-state index contributed by atoms with van der Waals surface area (Å²) in [7, 11) is 3.48. The lowest BCUT2D eigenvalue weighted by molar-refractivity contribution is -0.127. The first-order valence-electron chi connectivity index (χ1n) is 8.22. The van der Waals surface area contributed by atoms with Crippen LogP contribution >= 0.6 is 35.3 Å². The normalized spacial score (nSPS) is 10.8. The van der Waals surface area contributed by atoms with Gasteiger partial charge in [-0.25, -0.2) is 9.98 Å². The molecule has 1 amide bonds. The number of rotatable bonds is 7. The van der Waals surface area contributed by atoms with Gasteiger partial charge in [0.15, 0.2) is 5.96 Å². The van der Waals surface area contributed by atoms with Crippen LogP contribution in [0.25, 0.3) is 0 Å². The number of aryl methyl sites for hydroxylation is 1. The fraction of sp³-hybridized carbons (Fsp3) is 0.389. The Labute approximate surface area is 176 Å². The van der Waals surface area contributed by atoms with Gasteiger partial charge in [-0.3, -0.25) is 4.79 Å². The standard InChI is InChI=1S/C18H25N5OS.HI/c1-14-11-20-16(25-14)9-10-19-18(22-13-17(24)23(2)3)21-12-15-7-5-4-6-8-15;/h4-8,11H,9-10,12-13H2,1-3H3,(H2,19,21,22);1H. The smallest absolute Gasteiger partial charge is 0.241 e. The van der Waals surface area contributed by atoms with Crippen molar-refractivity contribution in [2.75, 3.05) is 27.2 Å². The van der Waals surface area contributed by atoms with Crippen molar-refractivity contribution in [3.63, 3.8) is 0 Å². The largest absolute Gasteiger partial charge is 0.356 e. The van der Waals surface area contributed by atoms with Crippen LogP contribution in [0, 0.1) is 6.92 Å². The molecule has 0 bridgehead atoms. The SMILES string of the molecule is Cc1cnc(CCNC(=NCc2ccccc2)NCC(=O)N(C)C)s1.I. The number of carbonyl (C=O) groups is 1. The molecule has 2 N–H and O–H groups in total. The van der Waals surface area contributed by atoms with Crippen LogP contribution < -0.4 is 10.6 Å². The molecule has 142 valence electrons. The summed E-state index contributed by atoms with van der Waals surface area (Å²) in [5.74, 6) is 0.636. The van der Waals surface area contributed by atoms with Crippen LogP contribution in [-0.2, 0) is 17.8 Å². The Morgan fingerprint density at radius 3 is 2.58 bits per heavy atom. The van der Waals surface area contributed by atoms with Crippen molar-refractivity contribution in [3.05, 3.63) is 52.0 Å². The third kappa shape index (κ3) is 8.13. The molecule has 0 aliphatic rings. The highest BCUT2D eigenvalue weighted by Gasteiger charge is 2.06. The fourth-order valence-electron chi connectivity index (χ4n) is 2.05. The molecule has 0 saturated carbocycles. The Kier molecular flexibility index (Phi) is 10.2. The van der Waals surface area contributed by atoms with Gasteiger partial charge in [-0.2, -0.15) is 0 Å². The Morgan fingerprint density at radius 2 is 1.96 bits per heavy atom. The molecule has 0 aliphatic carbocycles. The summed E-state index contributed by atoms with van der Waals surface area (Å²) in [5, 5.41) is 7.46. The molecule has 2 rings (SSSR count). The minimum Gasteiger partial charge on any atom is -0.356 e. The first-order chi connectivity index (χ1) is 12.0. The number of aromatic nitrogens is 1. The highest BCUT2D eigenvalue weighted by Crippen LogP contribution is 2.10. The number of nitrogens with one attached hydrogen (secondary N) is 2. The third-order valence-electron chi connectivity index (χ3n) is 3.47. The Bertz CT molecular complexity index is 703. The van der Waals surface area contributed by atoms with Gasteiger partial charge in [0.1, 0.15) is 0 Å². The maximum Gasteiger partial charge on any atom is 0.241 e. The Balaban J connectivity index is 0.00000338.